The summed E-state index contributed by atoms with van der Waals surface area (Å²) in [5.41, 5.74) is 2.83. The third kappa shape index (κ3) is 5.40. The zero-order valence-electron chi connectivity index (χ0n) is 15.8. The third-order valence-corrected chi connectivity index (χ3v) is 4.66. The summed E-state index contributed by atoms with van der Waals surface area (Å²) >= 11 is 1.31. The first-order valence-corrected chi connectivity index (χ1v) is 9.64. The predicted molar refractivity (Wildman–Crippen MR) is 112 cm³/mol. The molecule has 0 aliphatic rings. The first-order valence-electron chi connectivity index (χ1n) is 8.76. The van der Waals surface area contributed by atoms with Gasteiger partial charge in [-0.05, 0) is 43.3 Å². The zero-order chi connectivity index (χ0) is 20.8. The van der Waals surface area contributed by atoms with Crippen LogP contribution in [0.4, 0.5) is 10.8 Å². The van der Waals surface area contributed by atoms with Gasteiger partial charge in [-0.2, -0.15) is 5.26 Å². The van der Waals surface area contributed by atoms with Crippen LogP contribution < -0.4 is 15.4 Å². The molecular weight excluding hydrogens is 388 g/mol. The van der Waals surface area contributed by atoms with Crippen molar-refractivity contribution < 1.29 is 14.3 Å². The molecule has 0 radical (unpaired) electrons. The SMILES string of the molecule is CC(=O)Nc1ccc(-c2csc(NC(=O)C(C)Oc3ccc(C#N)cc3)n2)cc1. The van der Waals surface area contributed by atoms with Crippen LogP contribution in [0, 0.1) is 11.3 Å². The normalized spacial score (nSPS) is 11.2. The van der Waals surface area contributed by atoms with Crippen molar-refractivity contribution in [2.24, 2.45) is 0 Å². The van der Waals surface area contributed by atoms with Gasteiger partial charge in [0, 0.05) is 23.6 Å². The molecule has 146 valence electrons. The van der Waals surface area contributed by atoms with E-state index in [1.807, 2.05) is 23.6 Å². The Hall–Kier alpha value is -3.70. The number of rotatable bonds is 6. The number of hydrogen-bond acceptors (Lipinski definition) is 6. The maximum absolute atomic E-state index is 12.4. The number of aromatic nitrogens is 1. The maximum atomic E-state index is 12.4. The highest BCUT2D eigenvalue weighted by Crippen LogP contribution is 2.26. The standard InChI is InChI=1S/C21H18N4O3S/c1-13(28-18-9-3-15(11-22)4-10-18)20(27)25-21-24-19(12-29-21)16-5-7-17(8-6-16)23-14(2)26/h3-10,12-13H,1-2H3,(H,23,26)(H,24,25,27). The molecule has 0 saturated heterocycles. The predicted octanol–water partition coefficient (Wildman–Crippen LogP) is 4.05. The maximum Gasteiger partial charge on any atom is 0.266 e. The highest BCUT2D eigenvalue weighted by Gasteiger charge is 2.17. The summed E-state index contributed by atoms with van der Waals surface area (Å²) < 4.78 is 5.61. The third-order valence-electron chi connectivity index (χ3n) is 3.90. The van der Waals surface area contributed by atoms with Gasteiger partial charge in [0.15, 0.2) is 11.2 Å². The van der Waals surface area contributed by atoms with Crippen LogP contribution in [0.25, 0.3) is 11.3 Å². The number of nitrogens with zero attached hydrogens (tertiary/aromatic N) is 2. The Morgan fingerprint density at radius 1 is 1.10 bits per heavy atom. The van der Waals surface area contributed by atoms with Gasteiger partial charge in [-0.1, -0.05) is 12.1 Å². The molecule has 0 spiro atoms. The lowest BCUT2D eigenvalue weighted by molar-refractivity contribution is -0.122. The molecule has 2 N–H and O–H groups in total. The molecule has 0 aliphatic heterocycles. The van der Waals surface area contributed by atoms with Gasteiger partial charge >= 0.3 is 0 Å². The number of carbonyl (C=O) groups is 2. The van der Waals surface area contributed by atoms with Crippen molar-refractivity contribution in [3.63, 3.8) is 0 Å². The summed E-state index contributed by atoms with van der Waals surface area (Å²) in [5, 5.41) is 16.6. The molecule has 0 fully saturated rings. The van der Waals surface area contributed by atoms with Gasteiger partial charge in [-0.15, -0.1) is 11.3 Å². The number of benzene rings is 2. The molecule has 2 aromatic carbocycles. The number of hydrogen-bond donors (Lipinski definition) is 2. The van der Waals surface area contributed by atoms with Gasteiger partial charge in [0.25, 0.3) is 5.91 Å². The van der Waals surface area contributed by atoms with Gasteiger partial charge < -0.3 is 10.1 Å². The molecule has 29 heavy (non-hydrogen) atoms. The Morgan fingerprint density at radius 3 is 2.41 bits per heavy atom. The van der Waals surface area contributed by atoms with Crippen molar-refractivity contribution in [1.82, 2.24) is 4.98 Å². The summed E-state index contributed by atoms with van der Waals surface area (Å²) in [4.78, 5) is 27.9. The van der Waals surface area contributed by atoms with Crippen molar-refractivity contribution >= 4 is 34.0 Å². The van der Waals surface area contributed by atoms with Crippen molar-refractivity contribution in [3.05, 3.63) is 59.5 Å². The summed E-state index contributed by atoms with van der Waals surface area (Å²) in [5.74, 6) is 0.0516. The van der Waals surface area contributed by atoms with E-state index in [0.717, 1.165) is 11.3 Å². The Balaban J connectivity index is 1.60. The quantitative estimate of drug-likeness (QED) is 0.643. The van der Waals surface area contributed by atoms with Gasteiger partial charge in [-0.3, -0.25) is 14.9 Å². The molecule has 7 nitrogen and oxygen atoms in total. The average Bonchev–Trinajstić information content (AvgIpc) is 3.17. The van der Waals surface area contributed by atoms with Crippen LogP contribution in [-0.4, -0.2) is 22.9 Å². The van der Waals surface area contributed by atoms with Crippen LogP contribution >= 0.6 is 11.3 Å². The molecule has 0 aliphatic carbocycles. The largest absolute Gasteiger partial charge is 0.481 e. The van der Waals surface area contributed by atoms with Crippen LogP contribution in [0.5, 0.6) is 5.75 Å². The number of nitriles is 1. The van der Waals surface area contributed by atoms with E-state index >= 15 is 0 Å². The lowest BCUT2D eigenvalue weighted by Gasteiger charge is -2.13. The Morgan fingerprint density at radius 2 is 1.79 bits per heavy atom. The van der Waals surface area contributed by atoms with E-state index in [1.165, 1.54) is 18.3 Å². The lowest BCUT2D eigenvalue weighted by Crippen LogP contribution is -2.30. The van der Waals surface area contributed by atoms with E-state index in [2.05, 4.69) is 15.6 Å². The van der Waals surface area contributed by atoms with Crippen molar-refractivity contribution in [1.29, 1.82) is 5.26 Å². The summed E-state index contributed by atoms with van der Waals surface area (Å²) in [6.07, 6.45) is -0.729. The topological polar surface area (TPSA) is 104 Å². The van der Waals surface area contributed by atoms with Crippen LogP contribution in [0.15, 0.2) is 53.9 Å². The van der Waals surface area contributed by atoms with Crippen molar-refractivity contribution in [3.8, 4) is 23.1 Å². The second-order valence-electron chi connectivity index (χ2n) is 6.18. The summed E-state index contributed by atoms with van der Waals surface area (Å²) in [7, 11) is 0. The monoisotopic (exact) mass is 406 g/mol. The minimum absolute atomic E-state index is 0.131. The van der Waals surface area contributed by atoms with Crippen LogP contribution in [0.2, 0.25) is 0 Å². The van der Waals surface area contributed by atoms with E-state index in [0.29, 0.717) is 22.1 Å². The highest BCUT2D eigenvalue weighted by molar-refractivity contribution is 7.14. The van der Waals surface area contributed by atoms with Gasteiger partial charge in [0.2, 0.25) is 5.91 Å². The number of amides is 2. The average molecular weight is 406 g/mol. The van der Waals surface area contributed by atoms with Gasteiger partial charge in [0.1, 0.15) is 5.75 Å². The molecule has 3 aromatic rings. The van der Waals surface area contributed by atoms with Crippen molar-refractivity contribution in [2.45, 2.75) is 20.0 Å². The minimum Gasteiger partial charge on any atom is -0.481 e. The Bertz CT molecular complexity index is 1050. The molecule has 3 rings (SSSR count). The zero-order valence-corrected chi connectivity index (χ0v) is 16.6. The second-order valence-corrected chi connectivity index (χ2v) is 7.04. The highest BCUT2D eigenvalue weighted by atomic mass is 32.1. The first kappa shape index (κ1) is 20.0. The van der Waals surface area contributed by atoms with E-state index < -0.39 is 6.10 Å². The fourth-order valence-electron chi connectivity index (χ4n) is 2.46. The molecule has 1 aromatic heterocycles. The number of ether oxygens (including phenoxy) is 1. The number of thiazole rings is 1. The Labute approximate surface area is 172 Å². The molecular formula is C21H18N4O3S. The van der Waals surface area contributed by atoms with Crippen LogP contribution in [0.3, 0.4) is 0 Å². The van der Waals surface area contributed by atoms with E-state index in [1.54, 1.807) is 43.3 Å². The Kier molecular flexibility index (Phi) is 6.22. The van der Waals surface area contributed by atoms with E-state index in [-0.39, 0.29) is 11.8 Å². The molecule has 1 atom stereocenters. The summed E-state index contributed by atoms with van der Waals surface area (Å²) in [6.45, 7) is 3.10. The molecule has 0 bridgehead atoms. The van der Waals surface area contributed by atoms with Crippen molar-refractivity contribution in [2.75, 3.05) is 10.6 Å². The molecule has 2 amide bonds. The van der Waals surface area contributed by atoms with E-state index in [4.69, 9.17) is 10.00 Å². The van der Waals surface area contributed by atoms with Gasteiger partial charge in [0.05, 0.1) is 17.3 Å². The smallest absolute Gasteiger partial charge is 0.266 e. The summed E-state index contributed by atoms with van der Waals surface area (Å²) in [6, 6.07) is 15.9. The second kappa shape index (κ2) is 8.99. The van der Waals surface area contributed by atoms with Crippen LogP contribution in [-0.2, 0) is 9.59 Å². The fraction of sp³-hybridized carbons (Fsp3) is 0.143. The minimum atomic E-state index is -0.729. The fourth-order valence-corrected chi connectivity index (χ4v) is 3.19. The number of nitrogens with one attached hydrogen (secondary N) is 2. The lowest BCUT2D eigenvalue weighted by atomic mass is 10.1. The molecule has 0 saturated carbocycles. The van der Waals surface area contributed by atoms with E-state index in [9.17, 15) is 9.59 Å². The molecule has 1 heterocycles. The molecule has 8 heteroatoms. The number of anilines is 2. The first-order chi connectivity index (χ1) is 13.9. The number of carbonyl (C=O) groups excluding carboxylic acids is 2. The van der Waals surface area contributed by atoms with Crippen LogP contribution in [0.1, 0.15) is 19.4 Å². The molecule has 1 unspecified atom stereocenters. The van der Waals surface area contributed by atoms with Gasteiger partial charge in [-0.25, -0.2) is 4.98 Å².